The molecule has 0 N–H and O–H groups in total. The molecule has 4 nitrogen and oxygen atoms in total. The highest BCUT2D eigenvalue weighted by Crippen LogP contribution is 2.23. The van der Waals surface area contributed by atoms with Crippen molar-refractivity contribution in [2.75, 3.05) is 0 Å². The molecule has 0 aliphatic carbocycles. The van der Waals surface area contributed by atoms with Crippen LogP contribution in [0.5, 0.6) is 0 Å². The zero-order valence-electron chi connectivity index (χ0n) is 7.87. The van der Waals surface area contributed by atoms with Crippen molar-refractivity contribution in [3.8, 4) is 0 Å². The zero-order valence-corrected chi connectivity index (χ0v) is 8.68. The van der Waals surface area contributed by atoms with E-state index in [0.29, 0.717) is 5.13 Å². The van der Waals surface area contributed by atoms with Gasteiger partial charge in [0.15, 0.2) is 5.13 Å². The molecule has 0 saturated heterocycles. The summed E-state index contributed by atoms with van der Waals surface area (Å²) in [6.45, 7) is 0. The van der Waals surface area contributed by atoms with Crippen LogP contribution in [0.15, 0.2) is 41.6 Å². The highest BCUT2D eigenvalue weighted by Gasteiger charge is 2.00. The van der Waals surface area contributed by atoms with E-state index in [9.17, 15) is 0 Å². The Morgan fingerprint density at radius 3 is 2.87 bits per heavy atom. The van der Waals surface area contributed by atoms with Gasteiger partial charge in [-0.15, -0.1) is 11.3 Å². The summed E-state index contributed by atoms with van der Waals surface area (Å²) in [7, 11) is 0. The first-order valence-corrected chi connectivity index (χ1v) is 5.24. The van der Waals surface area contributed by atoms with Crippen molar-refractivity contribution in [3.63, 3.8) is 0 Å². The van der Waals surface area contributed by atoms with E-state index in [1.165, 1.54) is 16.9 Å². The number of hydrogen-bond acceptors (Lipinski definition) is 3. The van der Waals surface area contributed by atoms with Gasteiger partial charge in [0.2, 0.25) is 0 Å². The highest BCUT2D eigenvalue weighted by atomic mass is 32.1. The minimum absolute atomic E-state index is 0.475. The quantitative estimate of drug-likeness (QED) is 0.438. The van der Waals surface area contributed by atoms with Gasteiger partial charge in [0.05, 0.1) is 0 Å². The second-order valence-electron chi connectivity index (χ2n) is 2.96. The predicted molar refractivity (Wildman–Crippen MR) is 60.2 cm³/mol. The summed E-state index contributed by atoms with van der Waals surface area (Å²) >= 11 is 1.42. The molecule has 5 heteroatoms. The lowest BCUT2D eigenvalue weighted by atomic mass is 10.1. The number of azide groups is 1. The second-order valence-corrected chi connectivity index (χ2v) is 4.05. The van der Waals surface area contributed by atoms with Crippen LogP contribution in [0.4, 0.5) is 5.13 Å². The Kier molecular flexibility index (Phi) is 2.97. The SMILES string of the molecule is [N-]=[N+]=Nc1ncc(Cc2ccccc2)s1. The molecular weight excluding hydrogens is 208 g/mol. The molecule has 0 unspecified atom stereocenters. The van der Waals surface area contributed by atoms with Crippen LogP contribution in [0.2, 0.25) is 0 Å². The molecule has 15 heavy (non-hydrogen) atoms. The lowest BCUT2D eigenvalue weighted by Gasteiger charge is -1.95. The Bertz CT molecular complexity index is 485. The highest BCUT2D eigenvalue weighted by molar-refractivity contribution is 7.15. The van der Waals surface area contributed by atoms with Crippen LogP contribution >= 0.6 is 11.3 Å². The van der Waals surface area contributed by atoms with Gasteiger partial charge in [-0.2, -0.15) is 0 Å². The van der Waals surface area contributed by atoms with Gasteiger partial charge in [0, 0.05) is 22.4 Å². The minimum atomic E-state index is 0.475. The molecule has 0 radical (unpaired) electrons. The molecule has 0 spiro atoms. The largest absolute Gasteiger partial charge is 0.243 e. The summed E-state index contributed by atoms with van der Waals surface area (Å²) in [4.78, 5) is 7.80. The maximum atomic E-state index is 8.24. The summed E-state index contributed by atoms with van der Waals surface area (Å²) in [6, 6.07) is 10.1. The van der Waals surface area contributed by atoms with E-state index in [-0.39, 0.29) is 0 Å². The number of rotatable bonds is 3. The first-order chi connectivity index (χ1) is 7.38. The third-order valence-corrected chi connectivity index (χ3v) is 2.77. The van der Waals surface area contributed by atoms with E-state index in [1.54, 1.807) is 6.20 Å². The Morgan fingerprint density at radius 2 is 2.13 bits per heavy atom. The number of benzene rings is 1. The normalized spacial score (nSPS) is 9.60. The molecule has 0 saturated carbocycles. The van der Waals surface area contributed by atoms with Crippen molar-refractivity contribution in [1.29, 1.82) is 0 Å². The van der Waals surface area contributed by atoms with Gasteiger partial charge in [-0.25, -0.2) is 4.98 Å². The predicted octanol–water partition coefficient (Wildman–Crippen LogP) is 3.68. The van der Waals surface area contributed by atoms with Crippen molar-refractivity contribution >= 4 is 16.5 Å². The van der Waals surface area contributed by atoms with Crippen molar-refractivity contribution in [2.24, 2.45) is 5.11 Å². The van der Waals surface area contributed by atoms with E-state index in [0.717, 1.165) is 11.3 Å². The fourth-order valence-electron chi connectivity index (χ4n) is 1.26. The zero-order chi connectivity index (χ0) is 10.5. The molecule has 0 atom stereocenters. The molecule has 0 fully saturated rings. The number of thiazole rings is 1. The van der Waals surface area contributed by atoms with E-state index < -0.39 is 0 Å². The van der Waals surface area contributed by atoms with E-state index in [1.807, 2.05) is 18.2 Å². The van der Waals surface area contributed by atoms with Crippen LogP contribution in [0, 0.1) is 0 Å². The van der Waals surface area contributed by atoms with Gasteiger partial charge in [0.1, 0.15) is 0 Å². The Balaban J connectivity index is 2.15. The summed E-state index contributed by atoms with van der Waals surface area (Å²) in [5.41, 5.74) is 9.47. The van der Waals surface area contributed by atoms with Crippen molar-refractivity contribution in [3.05, 3.63) is 57.4 Å². The molecule has 2 rings (SSSR count). The third kappa shape index (κ3) is 2.56. The van der Waals surface area contributed by atoms with Crippen LogP contribution in [-0.2, 0) is 6.42 Å². The summed E-state index contributed by atoms with van der Waals surface area (Å²) in [5, 5.41) is 3.93. The monoisotopic (exact) mass is 216 g/mol. The lowest BCUT2D eigenvalue weighted by molar-refractivity contribution is 1.21. The van der Waals surface area contributed by atoms with Gasteiger partial charge in [-0.3, -0.25) is 0 Å². The average molecular weight is 216 g/mol. The van der Waals surface area contributed by atoms with Crippen LogP contribution in [0.1, 0.15) is 10.4 Å². The second kappa shape index (κ2) is 4.59. The summed E-state index contributed by atoms with van der Waals surface area (Å²) in [6.07, 6.45) is 2.58. The van der Waals surface area contributed by atoms with Crippen LogP contribution in [0.3, 0.4) is 0 Å². The molecule has 1 heterocycles. The molecule has 74 valence electrons. The molecule has 1 aromatic carbocycles. The molecule has 0 bridgehead atoms. The minimum Gasteiger partial charge on any atom is -0.243 e. The fourth-order valence-corrected chi connectivity index (χ4v) is 2.02. The maximum absolute atomic E-state index is 8.24. The molecule has 0 amide bonds. The molecule has 2 aromatic rings. The van der Waals surface area contributed by atoms with Crippen LogP contribution in [0.25, 0.3) is 10.4 Å². The lowest BCUT2D eigenvalue weighted by Crippen LogP contribution is -1.82. The van der Waals surface area contributed by atoms with E-state index in [4.69, 9.17) is 5.53 Å². The fraction of sp³-hybridized carbons (Fsp3) is 0.100. The standard InChI is InChI=1S/C10H8N4S/c11-14-13-10-12-7-9(15-10)6-8-4-2-1-3-5-8/h1-5,7H,6H2. The molecule has 0 aliphatic heterocycles. The summed E-state index contributed by atoms with van der Waals surface area (Å²) in [5.74, 6) is 0. The number of nitrogens with zero attached hydrogens (tertiary/aromatic N) is 4. The Labute approximate surface area is 90.8 Å². The topological polar surface area (TPSA) is 61.7 Å². The van der Waals surface area contributed by atoms with E-state index >= 15 is 0 Å². The third-order valence-electron chi connectivity index (χ3n) is 1.89. The summed E-state index contributed by atoms with van der Waals surface area (Å²) < 4.78 is 0. The Morgan fingerprint density at radius 1 is 1.33 bits per heavy atom. The first kappa shape index (κ1) is 9.71. The Hall–Kier alpha value is -1.84. The molecule has 0 aliphatic rings. The van der Waals surface area contributed by atoms with Gasteiger partial charge >= 0.3 is 0 Å². The molecular formula is C10H8N4S. The molecule has 1 aromatic heterocycles. The van der Waals surface area contributed by atoms with Crippen LogP contribution in [-0.4, -0.2) is 4.98 Å². The van der Waals surface area contributed by atoms with Crippen molar-refractivity contribution in [1.82, 2.24) is 4.98 Å². The van der Waals surface area contributed by atoms with Gasteiger partial charge < -0.3 is 0 Å². The van der Waals surface area contributed by atoms with Crippen molar-refractivity contribution in [2.45, 2.75) is 6.42 Å². The number of hydrogen-bond donors (Lipinski definition) is 0. The average Bonchev–Trinajstić information content (AvgIpc) is 2.68. The van der Waals surface area contributed by atoms with Crippen LogP contribution < -0.4 is 0 Å². The van der Waals surface area contributed by atoms with Gasteiger partial charge in [0.25, 0.3) is 0 Å². The first-order valence-electron chi connectivity index (χ1n) is 4.42. The smallest absolute Gasteiger partial charge is 0.180 e. The van der Waals surface area contributed by atoms with Gasteiger partial charge in [-0.05, 0) is 16.2 Å². The number of aromatic nitrogens is 1. The maximum Gasteiger partial charge on any atom is 0.180 e. The van der Waals surface area contributed by atoms with E-state index in [2.05, 4.69) is 27.1 Å². The van der Waals surface area contributed by atoms with Gasteiger partial charge in [-0.1, -0.05) is 30.3 Å². The van der Waals surface area contributed by atoms with Crippen molar-refractivity contribution < 1.29 is 0 Å².